The minimum Gasteiger partial charge on any atom is -0.278 e. The van der Waals surface area contributed by atoms with E-state index in [9.17, 15) is 0 Å². The molecule has 76 valence electrons. The maximum Gasteiger partial charge on any atom is 0.0850 e. The van der Waals surface area contributed by atoms with Gasteiger partial charge in [0.25, 0.3) is 0 Å². The van der Waals surface area contributed by atoms with E-state index in [2.05, 4.69) is 50.5 Å². The van der Waals surface area contributed by atoms with E-state index in [0.29, 0.717) is 4.87 Å². The first-order valence-electron chi connectivity index (χ1n) is 5.48. The molecule has 1 saturated heterocycles. The largest absolute Gasteiger partial charge is 0.278 e. The van der Waals surface area contributed by atoms with Gasteiger partial charge >= 0.3 is 0 Å². The van der Waals surface area contributed by atoms with Crippen molar-refractivity contribution in [2.45, 2.75) is 31.7 Å². The van der Waals surface area contributed by atoms with E-state index in [1.807, 2.05) is 0 Å². The zero-order chi connectivity index (χ0) is 10.1. The number of allylic oxidation sites excluding steroid dienone is 3. The summed E-state index contributed by atoms with van der Waals surface area (Å²) in [5, 5.41) is 0. The molecule has 1 heterocycles. The highest BCUT2D eigenvalue weighted by Gasteiger charge is 2.81. The number of fused-ring (bicyclic) bond motifs is 1. The fourth-order valence-electron chi connectivity index (χ4n) is 2.88. The Morgan fingerprint density at radius 3 is 2.50 bits per heavy atom. The molecule has 1 aliphatic heterocycles. The van der Waals surface area contributed by atoms with Crippen molar-refractivity contribution >= 4 is 12.6 Å². The summed E-state index contributed by atoms with van der Waals surface area (Å²) in [4.78, 5) is 2.78. The van der Waals surface area contributed by atoms with E-state index < -0.39 is 0 Å². The van der Waals surface area contributed by atoms with Crippen molar-refractivity contribution in [3.8, 4) is 0 Å². The van der Waals surface area contributed by atoms with Gasteiger partial charge in [0.15, 0.2) is 0 Å². The van der Waals surface area contributed by atoms with Crippen LogP contribution in [-0.4, -0.2) is 22.4 Å². The lowest BCUT2D eigenvalue weighted by Crippen LogP contribution is -2.20. The molecule has 0 aromatic heterocycles. The third-order valence-corrected chi connectivity index (χ3v) is 5.13. The molecule has 0 spiro atoms. The fourth-order valence-corrected chi connectivity index (χ4v) is 3.45. The van der Waals surface area contributed by atoms with Gasteiger partial charge in [0.1, 0.15) is 0 Å². The van der Waals surface area contributed by atoms with Gasteiger partial charge in [-0.2, -0.15) is 12.6 Å². The third-order valence-electron chi connectivity index (χ3n) is 4.20. The van der Waals surface area contributed by atoms with E-state index in [1.54, 1.807) is 11.1 Å². The molecule has 1 nitrogen and oxygen atoms in total. The molecule has 5 atom stereocenters. The van der Waals surface area contributed by atoms with Crippen LogP contribution in [0.3, 0.4) is 0 Å². The number of hydrogen-bond acceptors (Lipinski definition) is 2. The second-order valence-electron chi connectivity index (χ2n) is 4.79. The first-order valence-corrected chi connectivity index (χ1v) is 5.92. The van der Waals surface area contributed by atoms with E-state index in [-0.39, 0.29) is 0 Å². The molecule has 14 heavy (non-hydrogen) atoms. The van der Waals surface area contributed by atoms with Gasteiger partial charge in [0.05, 0.1) is 4.87 Å². The summed E-state index contributed by atoms with van der Waals surface area (Å²) < 4.78 is 0. The molecule has 3 aliphatic rings. The highest BCUT2D eigenvalue weighted by atomic mass is 32.1. The monoisotopic (exact) mass is 207 g/mol. The predicted octanol–water partition coefficient (Wildman–Crippen LogP) is 2.47. The van der Waals surface area contributed by atoms with Gasteiger partial charge in [-0.25, -0.2) is 0 Å². The molecule has 2 heteroatoms. The Bertz CT molecular complexity index is 357. The van der Waals surface area contributed by atoms with Crippen LogP contribution in [0.15, 0.2) is 23.3 Å². The third kappa shape index (κ3) is 0.912. The normalized spacial score (nSPS) is 58.9. The lowest BCUT2D eigenvalue weighted by atomic mass is 10.3. The van der Waals surface area contributed by atoms with Crippen molar-refractivity contribution in [1.29, 1.82) is 0 Å². The zero-order valence-electron chi connectivity index (χ0n) is 8.99. The van der Waals surface area contributed by atoms with Gasteiger partial charge in [-0.1, -0.05) is 26.0 Å². The first kappa shape index (κ1) is 9.05. The quantitative estimate of drug-likeness (QED) is 0.537. The second kappa shape index (κ2) is 2.48. The van der Waals surface area contributed by atoms with Crippen molar-refractivity contribution in [1.82, 2.24) is 4.90 Å². The average Bonchev–Trinajstić information content (AvgIpc) is 3.06. The number of hydrogen-bond donors (Lipinski definition) is 1. The van der Waals surface area contributed by atoms with Gasteiger partial charge < -0.3 is 0 Å². The molecular formula is C12H17NS. The molecule has 0 N–H and O–H groups in total. The van der Waals surface area contributed by atoms with Gasteiger partial charge in [0, 0.05) is 24.4 Å². The molecule has 4 unspecified atom stereocenters. The molecular weight excluding hydrogens is 190 g/mol. The molecule has 3 fully saturated rings. The Morgan fingerprint density at radius 1 is 1.43 bits per heavy atom. The Balaban J connectivity index is 1.58. The number of thiol groups is 1. The molecule has 2 aliphatic carbocycles. The molecule has 0 radical (unpaired) electrons. The number of likely N-dealkylation sites (tertiary alicyclic amines) is 1. The summed E-state index contributed by atoms with van der Waals surface area (Å²) in [6.07, 6.45) is 4.62. The summed E-state index contributed by atoms with van der Waals surface area (Å²) >= 11 is 4.67. The van der Waals surface area contributed by atoms with Gasteiger partial charge in [-0.15, -0.1) is 0 Å². The summed E-state index contributed by atoms with van der Waals surface area (Å²) in [6.45, 7) is 7.81. The Kier molecular flexibility index (Phi) is 1.60. The van der Waals surface area contributed by atoms with Crippen LogP contribution in [0, 0.1) is 11.8 Å². The van der Waals surface area contributed by atoms with Gasteiger partial charge in [0.2, 0.25) is 0 Å². The summed E-state index contributed by atoms with van der Waals surface area (Å²) in [6, 6.07) is 0.783. The maximum absolute atomic E-state index is 4.67. The molecule has 0 bridgehead atoms. The molecule has 0 aromatic rings. The van der Waals surface area contributed by atoms with Crippen LogP contribution in [0.2, 0.25) is 0 Å². The number of nitrogens with zero attached hydrogens (tertiary/aromatic N) is 1. The van der Waals surface area contributed by atoms with Crippen molar-refractivity contribution in [2.24, 2.45) is 11.8 Å². The van der Waals surface area contributed by atoms with Crippen LogP contribution >= 0.6 is 12.6 Å². The van der Waals surface area contributed by atoms with Crippen LogP contribution in [-0.2, 0) is 0 Å². The summed E-state index contributed by atoms with van der Waals surface area (Å²) in [7, 11) is 0. The summed E-state index contributed by atoms with van der Waals surface area (Å²) in [5.41, 5.74) is 3.10. The smallest absolute Gasteiger partial charge is 0.0850 e. The van der Waals surface area contributed by atoms with Crippen LogP contribution in [0.25, 0.3) is 0 Å². The highest BCUT2D eigenvalue weighted by Crippen LogP contribution is 2.70. The topological polar surface area (TPSA) is 3.01 Å². The van der Waals surface area contributed by atoms with Crippen molar-refractivity contribution in [3.63, 3.8) is 0 Å². The SMILES string of the molecule is CC=C1/C(=C\CN2C3C(C)C32S)[C@H]1C. The van der Waals surface area contributed by atoms with E-state index in [0.717, 1.165) is 24.4 Å². The molecule has 2 saturated carbocycles. The fraction of sp³-hybridized carbons (Fsp3) is 0.667. The lowest BCUT2D eigenvalue weighted by molar-refractivity contribution is 0.369. The number of rotatable bonds is 2. The average molecular weight is 207 g/mol. The van der Waals surface area contributed by atoms with Crippen molar-refractivity contribution < 1.29 is 0 Å². The molecule has 0 aromatic carbocycles. The Labute approximate surface area is 91.3 Å². The molecule has 3 rings (SSSR count). The van der Waals surface area contributed by atoms with Crippen molar-refractivity contribution in [2.75, 3.05) is 6.54 Å². The van der Waals surface area contributed by atoms with Crippen molar-refractivity contribution in [3.05, 3.63) is 23.3 Å². The van der Waals surface area contributed by atoms with Crippen LogP contribution < -0.4 is 0 Å². The minimum absolute atomic E-state index is 0.297. The minimum atomic E-state index is 0.297. The van der Waals surface area contributed by atoms with E-state index >= 15 is 0 Å². The Morgan fingerprint density at radius 2 is 2.07 bits per heavy atom. The van der Waals surface area contributed by atoms with Crippen LogP contribution in [0.4, 0.5) is 0 Å². The zero-order valence-corrected chi connectivity index (χ0v) is 9.88. The standard InChI is InChI=1S/C12H17NS/c1-4-9-7(2)10(9)5-6-13-11-8(3)12(11,13)14/h4-5,7-8,11,14H,6H2,1-3H3/b9-4?,10-5-/t7-,8?,11?,12?,13?/m0/s1. The predicted molar refractivity (Wildman–Crippen MR) is 62.4 cm³/mol. The van der Waals surface area contributed by atoms with Gasteiger partial charge in [-0.3, -0.25) is 4.90 Å². The van der Waals surface area contributed by atoms with Gasteiger partial charge in [-0.05, 0) is 18.1 Å². The van der Waals surface area contributed by atoms with Crippen LogP contribution in [0.5, 0.6) is 0 Å². The highest BCUT2D eigenvalue weighted by molar-refractivity contribution is 7.82. The van der Waals surface area contributed by atoms with E-state index in [4.69, 9.17) is 0 Å². The molecule has 0 amide bonds. The lowest BCUT2D eigenvalue weighted by Gasteiger charge is -2.12. The Hall–Kier alpha value is -0.210. The maximum atomic E-state index is 4.67. The van der Waals surface area contributed by atoms with E-state index in [1.165, 1.54) is 0 Å². The van der Waals surface area contributed by atoms with Crippen LogP contribution in [0.1, 0.15) is 20.8 Å². The first-order chi connectivity index (χ1) is 6.62. The second-order valence-corrected chi connectivity index (χ2v) is 5.51. The summed E-state index contributed by atoms with van der Waals surface area (Å²) in [5.74, 6) is 1.55.